The smallest absolute Gasteiger partial charge is 0.158 e. The van der Waals surface area contributed by atoms with E-state index in [9.17, 15) is 0 Å². The third-order valence-electron chi connectivity index (χ3n) is 7.03. The number of rotatable bonds is 0. The van der Waals surface area contributed by atoms with Gasteiger partial charge in [-0.25, -0.2) is 0 Å². The zero-order chi connectivity index (χ0) is 20.9. The fraction of sp³-hybridized carbons (Fsp3) is 0.0357. The van der Waals surface area contributed by atoms with Crippen molar-refractivity contribution < 1.29 is 9.13 Å². The predicted molar refractivity (Wildman–Crippen MR) is 126 cm³/mol. The molecule has 8 rings (SSSR count). The van der Waals surface area contributed by atoms with Crippen molar-refractivity contribution in [1.82, 2.24) is 4.98 Å². The SMILES string of the molecule is c1ccc2c(c1)-c1cccc[n+]1C21c2ccc3c(sc4ccccc43)c2-c2nccc[n+]21. The molecule has 0 amide bonds. The van der Waals surface area contributed by atoms with E-state index in [2.05, 4.69) is 100 Å². The third kappa shape index (κ3) is 1.75. The lowest BCUT2D eigenvalue weighted by atomic mass is 9.89. The minimum absolute atomic E-state index is 0.476. The summed E-state index contributed by atoms with van der Waals surface area (Å²) in [5.41, 5.74) is 5.87. The lowest BCUT2D eigenvalue weighted by molar-refractivity contribution is -0.955. The molecule has 0 bridgehead atoms. The van der Waals surface area contributed by atoms with Crippen LogP contribution in [-0.4, -0.2) is 4.98 Å². The molecular weight excluding hydrogens is 410 g/mol. The van der Waals surface area contributed by atoms with Crippen molar-refractivity contribution in [2.45, 2.75) is 5.66 Å². The molecule has 0 fully saturated rings. The first-order valence-electron chi connectivity index (χ1n) is 10.8. The summed E-state index contributed by atoms with van der Waals surface area (Å²) in [5, 5.41) is 2.63. The highest BCUT2D eigenvalue weighted by Gasteiger charge is 2.64. The number of aromatic nitrogens is 3. The summed E-state index contributed by atoms with van der Waals surface area (Å²) in [4.78, 5) is 4.94. The quantitative estimate of drug-likeness (QED) is 0.302. The molecule has 2 aliphatic heterocycles. The standard InChI is InChI=1S/C28H17N3S/c1-3-10-21-20(9-1)23-11-5-6-16-30(23)28(21)22-14-13-19-18-8-2-4-12-24(18)32-26(19)25(22)27-29-15-7-17-31(27)28/h1-17H/q+2. The molecule has 0 saturated carbocycles. The van der Waals surface area contributed by atoms with Crippen LogP contribution in [0.3, 0.4) is 0 Å². The van der Waals surface area contributed by atoms with E-state index in [1.807, 2.05) is 23.6 Å². The second kappa shape index (κ2) is 5.67. The maximum Gasteiger partial charge on any atom is 0.364 e. The molecule has 3 nitrogen and oxygen atoms in total. The van der Waals surface area contributed by atoms with Crippen molar-refractivity contribution in [3.8, 4) is 22.6 Å². The summed E-state index contributed by atoms with van der Waals surface area (Å²) >= 11 is 1.87. The topological polar surface area (TPSA) is 20.6 Å². The molecule has 148 valence electrons. The van der Waals surface area contributed by atoms with E-state index in [0.29, 0.717) is 0 Å². The normalized spacial score (nSPS) is 17.5. The van der Waals surface area contributed by atoms with E-state index in [4.69, 9.17) is 4.98 Å². The largest absolute Gasteiger partial charge is 0.364 e. The molecule has 2 aliphatic rings. The zero-order valence-corrected chi connectivity index (χ0v) is 17.9. The molecule has 5 heterocycles. The maximum absolute atomic E-state index is 4.94. The van der Waals surface area contributed by atoms with Gasteiger partial charge in [0.1, 0.15) is 18.0 Å². The molecule has 1 spiro atoms. The van der Waals surface area contributed by atoms with Gasteiger partial charge < -0.3 is 0 Å². The van der Waals surface area contributed by atoms with Gasteiger partial charge in [0.25, 0.3) is 0 Å². The molecule has 0 radical (unpaired) electrons. The Bertz CT molecular complexity index is 1700. The van der Waals surface area contributed by atoms with Crippen molar-refractivity contribution in [2.75, 3.05) is 0 Å². The number of pyridine rings is 1. The zero-order valence-electron chi connectivity index (χ0n) is 17.1. The Hall–Kier alpha value is -3.89. The van der Waals surface area contributed by atoms with Gasteiger partial charge in [-0.2, -0.15) is 4.57 Å². The summed E-state index contributed by atoms with van der Waals surface area (Å²) in [6.45, 7) is 0. The molecule has 0 aliphatic carbocycles. The summed E-state index contributed by atoms with van der Waals surface area (Å²) in [7, 11) is 0. The number of fused-ring (bicyclic) bond motifs is 14. The van der Waals surface area contributed by atoms with Gasteiger partial charge in [-0.1, -0.05) is 36.4 Å². The van der Waals surface area contributed by atoms with Gasteiger partial charge in [-0.15, -0.1) is 15.9 Å². The van der Waals surface area contributed by atoms with Crippen LogP contribution in [0, 0.1) is 0 Å². The molecule has 3 aromatic heterocycles. The van der Waals surface area contributed by atoms with Crippen molar-refractivity contribution in [2.24, 2.45) is 0 Å². The van der Waals surface area contributed by atoms with Crippen LogP contribution >= 0.6 is 11.3 Å². The number of thiophene rings is 1. The van der Waals surface area contributed by atoms with Crippen LogP contribution in [0.2, 0.25) is 0 Å². The van der Waals surface area contributed by atoms with Crippen molar-refractivity contribution in [3.63, 3.8) is 0 Å². The average molecular weight is 428 g/mol. The van der Waals surface area contributed by atoms with Crippen LogP contribution in [0.25, 0.3) is 42.8 Å². The van der Waals surface area contributed by atoms with Crippen LogP contribution in [0.4, 0.5) is 0 Å². The van der Waals surface area contributed by atoms with E-state index in [1.54, 1.807) is 0 Å². The summed E-state index contributed by atoms with van der Waals surface area (Å²) in [5.74, 6) is 1.03. The van der Waals surface area contributed by atoms with E-state index in [-0.39, 0.29) is 0 Å². The van der Waals surface area contributed by atoms with Crippen molar-refractivity contribution >= 4 is 31.5 Å². The van der Waals surface area contributed by atoms with Crippen LogP contribution in [0.15, 0.2) is 104 Å². The fourth-order valence-corrected chi connectivity index (χ4v) is 7.10. The van der Waals surface area contributed by atoms with E-state index in [0.717, 1.165) is 5.82 Å². The summed E-state index contributed by atoms with van der Waals surface area (Å²) in [6, 6.07) is 30.7. The molecule has 32 heavy (non-hydrogen) atoms. The number of hydrogen-bond acceptors (Lipinski definition) is 2. The second-order valence-electron chi connectivity index (χ2n) is 8.45. The Morgan fingerprint density at radius 2 is 1.53 bits per heavy atom. The fourth-order valence-electron chi connectivity index (χ4n) is 5.85. The molecule has 1 atom stereocenters. The van der Waals surface area contributed by atoms with Crippen LogP contribution < -0.4 is 9.13 Å². The van der Waals surface area contributed by atoms with Gasteiger partial charge in [-0.3, -0.25) is 0 Å². The molecule has 4 heteroatoms. The van der Waals surface area contributed by atoms with Gasteiger partial charge in [0, 0.05) is 33.7 Å². The minimum Gasteiger partial charge on any atom is -0.158 e. The lowest BCUT2D eigenvalue weighted by Crippen LogP contribution is -2.71. The molecule has 1 unspecified atom stereocenters. The van der Waals surface area contributed by atoms with Crippen molar-refractivity contribution in [3.05, 3.63) is 115 Å². The highest BCUT2D eigenvalue weighted by atomic mass is 32.1. The maximum atomic E-state index is 4.94. The Morgan fingerprint density at radius 3 is 2.53 bits per heavy atom. The highest BCUT2D eigenvalue weighted by Crippen LogP contribution is 2.50. The molecular formula is C28H17N3S+2. The van der Waals surface area contributed by atoms with Crippen LogP contribution in [0.1, 0.15) is 11.1 Å². The minimum atomic E-state index is -0.476. The first-order valence-corrected chi connectivity index (χ1v) is 11.6. The van der Waals surface area contributed by atoms with E-state index < -0.39 is 5.66 Å². The number of nitrogens with zero attached hydrogens (tertiary/aromatic N) is 3. The first-order chi connectivity index (χ1) is 15.9. The Kier molecular flexibility index (Phi) is 2.97. The number of benzene rings is 3. The van der Waals surface area contributed by atoms with Gasteiger partial charge in [0.05, 0.1) is 21.4 Å². The molecule has 3 aromatic carbocycles. The second-order valence-corrected chi connectivity index (χ2v) is 9.50. The van der Waals surface area contributed by atoms with Gasteiger partial charge >= 0.3 is 11.5 Å². The monoisotopic (exact) mass is 427 g/mol. The van der Waals surface area contributed by atoms with Gasteiger partial charge in [0.2, 0.25) is 5.69 Å². The molecule has 0 N–H and O–H groups in total. The van der Waals surface area contributed by atoms with Crippen LogP contribution in [0.5, 0.6) is 0 Å². The predicted octanol–water partition coefficient (Wildman–Crippen LogP) is 5.28. The van der Waals surface area contributed by atoms with E-state index in [1.165, 1.54) is 48.1 Å². The first kappa shape index (κ1) is 16.8. The van der Waals surface area contributed by atoms with Crippen molar-refractivity contribution in [1.29, 1.82) is 0 Å². The van der Waals surface area contributed by atoms with Crippen LogP contribution in [-0.2, 0) is 5.66 Å². The molecule has 6 aromatic rings. The summed E-state index contributed by atoms with van der Waals surface area (Å²) in [6.07, 6.45) is 6.31. The molecule has 0 saturated heterocycles. The Labute approximate surface area is 188 Å². The number of hydrogen-bond donors (Lipinski definition) is 0. The van der Waals surface area contributed by atoms with Gasteiger partial charge in [0.15, 0.2) is 6.20 Å². The Balaban J connectivity index is 1.62. The highest BCUT2D eigenvalue weighted by molar-refractivity contribution is 7.26. The average Bonchev–Trinajstić information content (AvgIpc) is 3.48. The summed E-state index contributed by atoms with van der Waals surface area (Å²) < 4.78 is 7.43. The Morgan fingerprint density at radius 1 is 0.688 bits per heavy atom. The lowest BCUT2D eigenvalue weighted by Gasteiger charge is -2.19. The van der Waals surface area contributed by atoms with E-state index >= 15 is 0 Å². The third-order valence-corrected chi connectivity index (χ3v) is 8.23. The van der Waals surface area contributed by atoms with Gasteiger partial charge in [-0.05, 0) is 35.3 Å².